The van der Waals surface area contributed by atoms with Gasteiger partial charge in [0.1, 0.15) is 5.69 Å². The van der Waals surface area contributed by atoms with Gasteiger partial charge in [-0.1, -0.05) is 24.4 Å². The lowest BCUT2D eigenvalue weighted by Crippen LogP contribution is -2.07. The van der Waals surface area contributed by atoms with Gasteiger partial charge in [0, 0.05) is 6.07 Å². The molecule has 0 saturated heterocycles. The molecule has 0 radical (unpaired) electrons. The van der Waals surface area contributed by atoms with Gasteiger partial charge >= 0.3 is 5.69 Å². The molecule has 0 bridgehead atoms. The maximum Gasteiger partial charge on any atom is 0.408 e. The van der Waals surface area contributed by atoms with E-state index in [9.17, 15) is 0 Å². The second kappa shape index (κ2) is 4.90. The molecule has 1 N–H and O–H groups in total. The van der Waals surface area contributed by atoms with E-state index in [1.165, 1.54) is 0 Å². The molecule has 0 unspecified atom stereocenters. The fraction of sp³-hybridized carbons (Fsp3) is 0.111. The van der Waals surface area contributed by atoms with Crippen LogP contribution in [-0.2, 0) is 0 Å². The summed E-state index contributed by atoms with van der Waals surface area (Å²) < 4.78 is 0. The quantitative estimate of drug-likeness (QED) is 0.593. The lowest BCUT2D eigenvalue weighted by Gasteiger charge is -2.00. The fourth-order valence-corrected chi connectivity index (χ4v) is 1.11. The summed E-state index contributed by atoms with van der Waals surface area (Å²) in [5, 5.41) is 19.8. The van der Waals surface area contributed by atoms with Crippen molar-refractivity contribution in [3.63, 3.8) is 0 Å². The van der Waals surface area contributed by atoms with Crippen molar-refractivity contribution in [3.8, 4) is 6.07 Å². The summed E-state index contributed by atoms with van der Waals surface area (Å²) >= 11 is 4.89. The van der Waals surface area contributed by atoms with Crippen LogP contribution in [0.3, 0.4) is 0 Å². The highest BCUT2D eigenvalue weighted by Gasteiger charge is 2.12. The van der Waals surface area contributed by atoms with Crippen molar-refractivity contribution in [1.82, 2.24) is 0 Å². The molecule has 0 aliphatic rings. The van der Waals surface area contributed by atoms with E-state index in [0.717, 1.165) is 0 Å². The van der Waals surface area contributed by atoms with Crippen molar-refractivity contribution in [2.45, 2.75) is 6.42 Å². The summed E-state index contributed by atoms with van der Waals surface area (Å²) in [5.74, 6) is 0. The molecule has 0 aromatic heterocycles. The van der Waals surface area contributed by atoms with Gasteiger partial charge in [0.15, 0.2) is 4.98 Å². The van der Waals surface area contributed by atoms with Crippen LogP contribution < -0.4 is 5.32 Å². The van der Waals surface area contributed by atoms with Crippen molar-refractivity contribution in [2.24, 2.45) is 0 Å². The van der Waals surface area contributed by atoms with Gasteiger partial charge in [0.2, 0.25) is 5.39 Å². The van der Waals surface area contributed by atoms with Gasteiger partial charge in [-0.05, 0) is 6.07 Å². The minimum atomic E-state index is 0.148. The normalized spacial score (nSPS) is 8.43. The second-order valence-electron chi connectivity index (χ2n) is 2.50. The third kappa shape index (κ3) is 2.51. The van der Waals surface area contributed by atoms with Crippen LogP contribution in [-0.4, -0.2) is 4.99 Å². The third-order valence-corrected chi connectivity index (χ3v) is 1.77. The molecular weight excluding hydrogens is 196 g/mol. The molecule has 5 heteroatoms. The number of para-hydroxylation sites is 1. The van der Waals surface area contributed by atoms with Gasteiger partial charge in [0.05, 0.1) is 17.5 Å². The van der Waals surface area contributed by atoms with Gasteiger partial charge in [-0.25, -0.2) is 0 Å². The Hall–Kier alpha value is -1.98. The largest absolute Gasteiger partial charge is 0.408 e. The second-order valence-corrected chi connectivity index (χ2v) is 2.99. The Morgan fingerprint density at radius 3 is 2.86 bits per heavy atom. The summed E-state index contributed by atoms with van der Waals surface area (Å²) in [5.41, 5.74) is 0.989. The van der Waals surface area contributed by atoms with Gasteiger partial charge in [-0.15, -0.1) is 0 Å². The minimum absolute atomic E-state index is 0.148. The van der Waals surface area contributed by atoms with Crippen LogP contribution in [0, 0.1) is 16.7 Å². The summed E-state index contributed by atoms with van der Waals surface area (Å²) in [6.45, 7) is 0. The Balaban J connectivity index is 2.83. The highest BCUT2D eigenvalue weighted by atomic mass is 32.1. The average molecular weight is 203 g/mol. The molecule has 1 aromatic rings. The summed E-state index contributed by atoms with van der Waals surface area (Å²) in [7, 11) is 0. The number of nitrogens with zero attached hydrogens (tertiary/aromatic N) is 3. The highest BCUT2D eigenvalue weighted by molar-refractivity contribution is 7.80. The number of hydrogen-bond donors (Lipinski definition) is 1. The lowest BCUT2D eigenvalue weighted by molar-refractivity contribution is 1.41. The number of nitriles is 1. The molecule has 14 heavy (non-hydrogen) atoms. The van der Waals surface area contributed by atoms with E-state index < -0.39 is 0 Å². The highest BCUT2D eigenvalue weighted by Crippen LogP contribution is 2.23. The molecule has 0 fully saturated rings. The lowest BCUT2D eigenvalue weighted by atomic mass is 10.2. The molecule has 4 nitrogen and oxygen atoms in total. The third-order valence-electron chi connectivity index (χ3n) is 1.53. The number of hydrogen-bond acceptors (Lipinski definition) is 3. The Kier molecular flexibility index (Phi) is 3.54. The molecule has 0 aliphatic heterocycles. The molecular formula is C9H7N4S+. The number of rotatable bonds is 2. The van der Waals surface area contributed by atoms with Crippen LogP contribution in [0.5, 0.6) is 0 Å². The van der Waals surface area contributed by atoms with Gasteiger partial charge in [0.25, 0.3) is 0 Å². The van der Waals surface area contributed by atoms with Crippen molar-refractivity contribution >= 4 is 28.6 Å². The van der Waals surface area contributed by atoms with Crippen LogP contribution in [0.2, 0.25) is 0 Å². The number of nitrogens with one attached hydrogen (secondary N) is 1. The summed E-state index contributed by atoms with van der Waals surface area (Å²) in [6.07, 6.45) is 0.148. The smallest absolute Gasteiger partial charge is 0.343 e. The van der Waals surface area contributed by atoms with Crippen molar-refractivity contribution < 1.29 is 0 Å². The first-order valence-corrected chi connectivity index (χ1v) is 4.29. The molecule has 0 amide bonds. The van der Waals surface area contributed by atoms with Crippen LogP contribution in [0.4, 0.5) is 11.4 Å². The summed E-state index contributed by atoms with van der Waals surface area (Å²) in [4.78, 5) is 3.48. The topological polar surface area (TPSA) is 64.0 Å². The van der Waals surface area contributed by atoms with Crippen molar-refractivity contribution in [2.75, 3.05) is 5.32 Å². The van der Waals surface area contributed by atoms with Crippen LogP contribution in [0.15, 0.2) is 24.3 Å². The average Bonchev–Trinajstić information content (AvgIpc) is 2.19. The molecule has 1 aromatic carbocycles. The Labute approximate surface area is 86.8 Å². The first kappa shape index (κ1) is 10.1. The first-order chi connectivity index (χ1) is 6.77. The zero-order valence-corrected chi connectivity index (χ0v) is 8.08. The molecule has 0 aliphatic carbocycles. The van der Waals surface area contributed by atoms with E-state index in [1.54, 1.807) is 24.3 Å². The van der Waals surface area contributed by atoms with Crippen LogP contribution in [0.1, 0.15) is 6.42 Å². The van der Waals surface area contributed by atoms with E-state index in [1.807, 2.05) is 6.07 Å². The predicted octanol–water partition coefficient (Wildman–Crippen LogP) is 2.82. The molecule has 0 heterocycles. The first-order valence-electron chi connectivity index (χ1n) is 3.89. The van der Waals surface area contributed by atoms with Crippen LogP contribution >= 0.6 is 12.2 Å². The Morgan fingerprint density at radius 2 is 2.21 bits per heavy atom. The van der Waals surface area contributed by atoms with E-state index in [-0.39, 0.29) is 6.42 Å². The van der Waals surface area contributed by atoms with Gasteiger partial charge in [-0.2, -0.15) is 5.26 Å². The molecule has 0 spiro atoms. The summed E-state index contributed by atoms with van der Waals surface area (Å²) in [6, 6.07) is 8.81. The maximum absolute atomic E-state index is 8.64. The zero-order valence-electron chi connectivity index (χ0n) is 7.27. The van der Waals surface area contributed by atoms with Gasteiger partial charge < -0.3 is 5.32 Å². The van der Waals surface area contributed by atoms with E-state index >= 15 is 0 Å². The van der Waals surface area contributed by atoms with Crippen molar-refractivity contribution in [1.29, 1.82) is 10.7 Å². The van der Waals surface area contributed by atoms with E-state index in [0.29, 0.717) is 16.4 Å². The fourth-order valence-electron chi connectivity index (χ4n) is 0.933. The number of thiocarbonyl (C=S) groups is 1. The molecule has 68 valence electrons. The standard InChI is InChI=1S/C9H6N4S/c10-6-5-9(14)12-7-3-1-2-4-8(7)13-11/h1-4H,5H2/p+1. The van der Waals surface area contributed by atoms with E-state index in [4.69, 9.17) is 22.9 Å². The number of anilines is 1. The van der Waals surface area contributed by atoms with Gasteiger partial charge in [-0.3, -0.25) is 0 Å². The minimum Gasteiger partial charge on any atom is -0.343 e. The number of benzene rings is 1. The number of diazo groups is 1. The zero-order chi connectivity index (χ0) is 10.4. The van der Waals surface area contributed by atoms with Crippen molar-refractivity contribution in [3.05, 3.63) is 29.2 Å². The monoisotopic (exact) mass is 203 g/mol. The molecule has 0 saturated carbocycles. The predicted molar refractivity (Wildman–Crippen MR) is 57.6 cm³/mol. The maximum atomic E-state index is 8.64. The molecule has 0 atom stereocenters. The SMILES string of the molecule is N#CCC(=S)Nc1ccccc1[N+]#N. The van der Waals surface area contributed by atoms with E-state index in [2.05, 4.69) is 10.3 Å². The van der Waals surface area contributed by atoms with Crippen LogP contribution in [0.25, 0.3) is 4.98 Å². The molecule has 1 rings (SSSR count). The Morgan fingerprint density at radius 1 is 1.50 bits per heavy atom. The Bertz CT molecular complexity index is 427.